The predicted molar refractivity (Wildman–Crippen MR) is 184 cm³/mol. The van der Waals surface area contributed by atoms with Gasteiger partial charge >= 0.3 is 12.4 Å². The van der Waals surface area contributed by atoms with Gasteiger partial charge in [-0.2, -0.15) is 37.7 Å². The van der Waals surface area contributed by atoms with Crippen LogP contribution in [0.15, 0.2) is 52.1 Å². The summed E-state index contributed by atoms with van der Waals surface area (Å²) in [6.45, 7) is 13.4. The standard InChI is InChI=1S/C25H15F7NOS.C13H24O2.Ir/c1-23(2,3)16-9-19-13(8-18(16)26)14-6-11(24(27,28)29)7-15(21(14)34-19)20-22-12(4-5-33-20)17(10-35-22)25(30,31)32;1-5-10(6-2)12(14)9-13(15)11(7-3)8-4;/h4-6,8-10H,1-3H3;9-11,14H,5-8H2,1-4H3;/q-1;;/b;12-9-;. The van der Waals surface area contributed by atoms with Gasteiger partial charge in [0.25, 0.3) is 0 Å². The molecule has 5 rings (SSSR count). The van der Waals surface area contributed by atoms with Crippen LogP contribution in [0.5, 0.6) is 0 Å². The fourth-order valence-electron chi connectivity index (χ4n) is 5.87. The van der Waals surface area contributed by atoms with Crippen LogP contribution in [0, 0.1) is 23.7 Å². The number of allylic oxidation sites excluding steroid dienone is 2. The second kappa shape index (κ2) is 16.2. The van der Waals surface area contributed by atoms with E-state index in [1.54, 1.807) is 20.8 Å². The normalized spacial score (nSPS) is 12.9. The SMILES string of the molecule is CC(C)(C)c1cc2oc3c(-c4nccc5c(C(F)(F)F)csc45)[c-]c(C(F)(F)F)cc3c2cc1F.CCC(CC)C(=O)/C=C(\O)C(CC)CC.[Ir]. The predicted octanol–water partition coefficient (Wildman–Crippen LogP) is 13.0. The molecule has 0 aliphatic heterocycles. The number of pyridine rings is 1. The third-order valence-electron chi connectivity index (χ3n) is 8.82. The molecular weight excluding hydrogens is 876 g/mol. The number of rotatable bonds is 8. The van der Waals surface area contributed by atoms with Gasteiger partial charge in [-0.1, -0.05) is 59.4 Å². The van der Waals surface area contributed by atoms with Gasteiger partial charge in [-0.3, -0.25) is 4.79 Å². The maximum Gasteiger partial charge on any atom is 0.417 e. The van der Waals surface area contributed by atoms with E-state index < -0.39 is 34.7 Å². The van der Waals surface area contributed by atoms with E-state index in [9.17, 15) is 40.6 Å². The molecule has 0 aliphatic rings. The van der Waals surface area contributed by atoms with E-state index >= 15 is 0 Å². The molecule has 0 aliphatic carbocycles. The van der Waals surface area contributed by atoms with E-state index in [1.807, 2.05) is 27.7 Å². The van der Waals surface area contributed by atoms with Crippen molar-refractivity contribution in [1.29, 1.82) is 0 Å². The van der Waals surface area contributed by atoms with E-state index in [1.165, 1.54) is 12.1 Å². The third kappa shape index (κ3) is 9.03. The maximum absolute atomic E-state index is 14.9. The van der Waals surface area contributed by atoms with Gasteiger partial charge in [0.05, 0.1) is 16.9 Å². The fourth-order valence-corrected chi connectivity index (χ4v) is 6.94. The van der Waals surface area contributed by atoms with E-state index in [0.29, 0.717) is 16.9 Å². The van der Waals surface area contributed by atoms with Gasteiger partial charge in [-0.05, 0) is 65.8 Å². The number of hydrogen-bond acceptors (Lipinski definition) is 5. The molecule has 0 amide bonds. The molecule has 0 spiro atoms. The van der Waals surface area contributed by atoms with Gasteiger partial charge in [-0.25, -0.2) is 4.39 Å². The number of aromatic nitrogens is 1. The fraction of sp³-hybridized carbons (Fsp3) is 0.421. The molecule has 4 nitrogen and oxygen atoms in total. The van der Waals surface area contributed by atoms with Gasteiger partial charge < -0.3 is 14.5 Å². The minimum atomic E-state index is -4.82. The van der Waals surface area contributed by atoms with Crippen molar-refractivity contribution in [3.8, 4) is 11.3 Å². The zero-order chi connectivity index (χ0) is 37.3. The second-order valence-electron chi connectivity index (χ2n) is 13.2. The molecule has 0 atom stereocenters. The minimum Gasteiger partial charge on any atom is -0.512 e. The van der Waals surface area contributed by atoms with Crippen molar-refractivity contribution in [2.24, 2.45) is 11.8 Å². The molecule has 279 valence electrons. The van der Waals surface area contributed by atoms with Crippen molar-refractivity contribution in [1.82, 2.24) is 4.98 Å². The number of halogens is 7. The van der Waals surface area contributed by atoms with Crippen molar-refractivity contribution in [3.63, 3.8) is 0 Å². The summed E-state index contributed by atoms with van der Waals surface area (Å²) in [6.07, 6.45) is -3.47. The molecule has 0 bridgehead atoms. The number of fused-ring (bicyclic) bond motifs is 4. The number of ketones is 1. The Hall–Kier alpha value is -3.28. The summed E-state index contributed by atoms with van der Waals surface area (Å²) in [5.74, 6) is -0.0601. The van der Waals surface area contributed by atoms with Crippen LogP contribution in [0.4, 0.5) is 30.7 Å². The van der Waals surface area contributed by atoms with Crippen LogP contribution in [-0.4, -0.2) is 15.9 Å². The van der Waals surface area contributed by atoms with Crippen LogP contribution >= 0.6 is 11.3 Å². The van der Waals surface area contributed by atoms with E-state index in [2.05, 4.69) is 11.1 Å². The Morgan fingerprint density at radius 1 is 0.902 bits per heavy atom. The molecule has 5 aromatic rings. The number of thiophene rings is 1. The summed E-state index contributed by atoms with van der Waals surface area (Å²) >= 11 is 0.714. The Labute approximate surface area is 309 Å². The van der Waals surface area contributed by atoms with Gasteiger partial charge in [0.1, 0.15) is 11.4 Å². The van der Waals surface area contributed by atoms with Gasteiger partial charge in [0.15, 0.2) is 5.78 Å². The number of carbonyl (C=O) groups excluding carboxylic acids is 1. The van der Waals surface area contributed by atoms with E-state index in [0.717, 1.165) is 55.5 Å². The molecule has 0 saturated heterocycles. The van der Waals surface area contributed by atoms with E-state index in [4.69, 9.17) is 4.42 Å². The summed E-state index contributed by atoms with van der Waals surface area (Å²) < 4.78 is 103. The molecule has 51 heavy (non-hydrogen) atoms. The van der Waals surface area contributed by atoms with Crippen molar-refractivity contribution in [2.45, 2.75) is 91.9 Å². The molecule has 3 heterocycles. The second-order valence-corrected chi connectivity index (χ2v) is 14.0. The summed E-state index contributed by atoms with van der Waals surface area (Å²) in [4.78, 5) is 15.8. The number of furan rings is 1. The number of nitrogens with zero attached hydrogens (tertiary/aromatic N) is 1. The number of carbonyl (C=O) groups is 1. The maximum atomic E-state index is 14.9. The number of hydrogen-bond donors (Lipinski definition) is 1. The van der Waals surface area contributed by atoms with Gasteiger partial charge in [-0.15, -0.1) is 12.1 Å². The molecule has 2 aromatic carbocycles. The first-order valence-corrected chi connectivity index (χ1v) is 17.2. The first-order valence-electron chi connectivity index (χ1n) is 16.3. The topological polar surface area (TPSA) is 63.3 Å². The first-order chi connectivity index (χ1) is 23.3. The van der Waals surface area contributed by atoms with Crippen molar-refractivity contribution in [2.75, 3.05) is 0 Å². The molecule has 13 heteroatoms. The van der Waals surface area contributed by atoms with Gasteiger partial charge in [0, 0.05) is 65.4 Å². The average Bonchev–Trinajstić information content (AvgIpc) is 3.63. The van der Waals surface area contributed by atoms with Crippen molar-refractivity contribution >= 4 is 49.1 Å². The summed E-state index contributed by atoms with van der Waals surface area (Å²) in [7, 11) is 0. The summed E-state index contributed by atoms with van der Waals surface area (Å²) in [5.41, 5.74) is -2.68. The van der Waals surface area contributed by atoms with Crippen LogP contribution in [0.1, 0.15) is 90.8 Å². The number of aliphatic hydroxyl groups is 1. The van der Waals surface area contributed by atoms with Crippen LogP contribution in [-0.2, 0) is 42.7 Å². The van der Waals surface area contributed by atoms with Gasteiger partial charge in [0.2, 0.25) is 0 Å². The van der Waals surface area contributed by atoms with Crippen LogP contribution < -0.4 is 0 Å². The summed E-state index contributed by atoms with van der Waals surface area (Å²) in [6, 6.07) is 6.77. The van der Waals surface area contributed by atoms with Crippen LogP contribution in [0.2, 0.25) is 0 Å². The Bertz CT molecular complexity index is 2030. The molecule has 1 radical (unpaired) electrons. The Kier molecular flexibility index (Phi) is 13.4. The number of aliphatic hydroxyl groups excluding tert-OH is 1. The smallest absolute Gasteiger partial charge is 0.417 e. The van der Waals surface area contributed by atoms with E-state index in [-0.39, 0.29) is 86.8 Å². The molecule has 0 saturated carbocycles. The zero-order valence-corrected chi connectivity index (χ0v) is 32.3. The first kappa shape index (κ1) is 42.1. The summed E-state index contributed by atoms with van der Waals surface area (Å²) in [5, 5.41) is 10.5. The zero-order valence-electron chi connectivity index (χ0n) is 29.1. The van der Waals surface area contributed by atoms with Crippen LogP contribution in [0.3, 0.4) is 0 Å². The van der Waals surface area contributed by atoms with Crippen molar-refractivity contribution in [3.05, 3.63) is 76.3 Å². The minimum absolute atomic E-state index is 0. The Morgan fingerprint density at radius 2 is 1.51 bits per heavy atom. The molecular formula is C38H39F7IrNO3S-. The molecule has 3 aromatic heterocycles. The Balaban J connectivity index is 0.000000374. The number of benzene rings is 2. The van der Waals surface area contributed by atoms with Crippen LogP contribution in [0.25, 0.3) is 43.3 Å². The quantitative estimate of drug-likeness (QED) is 0.0729. The molecule has 1 N–H and O–H groups in total. The largest absolute Gasteiger partial charge is 0.512 e. The molecule has 0 unspecified atom stereocenters. The van der Waals surface area contributed by atoms with Crippen molar-refractivity contribution < 1.29 is 65.2 Å². The average molecular weight is 915 g/mol. The monoisotopic (exact) mass is 915 g/mol. The number of alkyl halides is 6. The third-order valence-corrected chi connectivity index (χ3v) is 9.82. The Morgan fingerprint density at radius 3 is 2.04 bits per heavy atom. The molecule has 0 fully saturated rings.